The van der Waals surface area contributed by atoms with Crippen molar-refractivity contribution in [2.24, 2.45) is 0 Å². The van der Waals surface area contributed by atoms with E-state index in [1.54, 1.807) is 48.5 Å². The van der Waals surface area contributed by atoms with E-state index in [0.29, 0.717) is 35.0 Å². The predicted octanol–water partition coefficient (Wildman–Crippen LogP) is 2.83. The Bertz CT molecular complexity index is 784. The molecule has 122 valence electrons. The number of anilines is 2. The van der Waals surface area contributed by atoms with Crippen LogP contribution in [0.4, 0.5) is 11.4 Å². The summed E-state index contributed by atoms with van der Waals surface area (Å²) in [5, 5.41) is 5.48. The fraction of sp³-hybridized carbons (Fsp3) is 0.111. The standard InChI is InChI=1S/C18H16N2O4/c1-2-9-23-14-6-3-12(4-7-14)18(22)19-13-5-8-16-15(10-13)20-17(21)11-24-16/h2-8,10H,1,9,11H2,(H,19,22)(H,20,21). The van der Waals surface area contributed by atoms with E-state index in [1.165, 1.54) is 0 Å². The molecule has 0 saturated heterocycles. The first kappa shape index (κ1) is 15.6. The molecule has 0 saturated carbocycles. The molecule has 2 amide bonds. The Morgan fingerprint density at radius 3 is 2.83 bits per heavy atom. The normalized spacial score (nSPS) is 12.4. The Balaban J connectivity index is 1.69. The van der Waals surface area contributed by atoms with Crippen molar-refractivity contribution < 1.29 is 19.1 Å². The maximum atomic E-state index is 12.3. The summed E-state index contributed by atoms with van der Waals surface area (Å²) in [5.41, 5.74) is 1.60. The van der Waals surface area contributed by atoms with Crippen molar-refractivity contribution in [3.63, 3.8) is 0 Å². The largest absolute Gasteiger partial charge is 0.490 e. The van der Waals surface area contributed by atoms with Crippen molar-refractivity contribution in [1.29, 1.82) is 0 Å². The van der Waals surface area contributed by atoms with Gasteiger partial charge in [-0.15, -0.1) is 0 Å². The molecule has 24 heavy (non-hydrogen) atoms. The van der Waals surface area contributed by atoms with Gasteiger partial charge in [0, 0.05) is 11.3 Å². The summed E-state index contributed by atoms with van der Waals surface area (Å²) in [4.78, 5) is 23.6. The molecule has 0 radical (unpaired) electrons. The minimum absolute atomic E-state index is 0.00101. The zero-order valence-corrected chi connectivity index (χ0v) is 12.9. The number of rotatable bonds is 5. The van der Waals surface area contributed by atoms with Crippen LogP contribution >= 0.6 is 0 Å². The minimum atomic E-state index is -0.256. The van der Waals surface area contributed by atoms with Crippen molar-refractivity contribution in [2.75, 3.05) is 23.8 Å². The highest BCUT2D eigenvalue weighted by atomic mass is 16.5. The molecular weight excluding hydrogens is 308 g/mol. The van der Waals surface area contributed by atoms with Crippen LogP contribution in [0.3, 0.4) is 0 Å². The summed E-state index contributed by atoms with van der Waals surface area (Å²) < 4.78 is 10.7. The molecule has 6 heteroatoms. The van der Waals surface area contributed by atoms with E-state index in [-0.39, 0.29) is 18.4 Å². The number of carbonyl (C=O) groups excluding carboxylic acids is 2. The maximum Gasteiger partial charge on any atom is 0.262 e. The molecule has 0 fully saturated rings. The molecule has 1 heterocycles. The third-order valence-corrected chi connectivity index (χ3v) is 3.35. The van der Waals surface area contributed by atoms with Gasteiger partial charge in [-0.1, -0.05) is 12.7 Å². The van der Waals surface area contributed by atoms with Crippen LogP contribution in [0.2, 0.25) is 0 Å². The highest BCUT2D eigenvalue weighted by Crippen LogP contribution is 2.30. The fourth-order valence-corrected chi connectivity index (χ4v) is 2.22. The smallest absolute Gasteiger partial charge is 0.262 e. The molecule has 6 nitrogen and oxygen atoms in total. The quantitative estimate of drug-likeness (QED) is 0.829. The molecule has 0 atom stereocenters. The van der Waals surface area contributed by atoms with Crippen LogP contribution < -0.4 is 20.1 Å². The number of hydrogen-bond donors (Lipinski definition) is 2. The fourth-order valence-electron chi connectivity index (χ4n) is 2.22. The first-order chi connectivity index (χ1) is 11.7. The molecule has 3 rings (SSSR count). The molecule has 0 unspecified atom stereocenters. The average Bonchev–Trinajstić information content (AvgIpc) is 2.60. The second-order valence-corrected chi connectivity index (χ2v) is 5.13. The summed E-state index contributed by atoms with van der Waals surface area (Å²) in [6.45, 7) is 3.99. The first-order valence-electron chi connectivity index (χ1n) is 7.37. The molecule has 1 aliphatic heterocycles. The van der Waals surface area contributed by atoms with Crippen molar-refractivity contribution in [3.8, 4) is 11.5 Å². The number of amides is 2. The summed E-state index contributed by atoms with van der Waals surface area (Å²) in [7, 11) is 0. The molecule has 0 aromatic heterocycles. The molecule has 2 aromatic carbocycles. The first-order valence-corrected chi connectivity index (χ1v) is 7.37. The highest BCUT2D eigenvalue weighted by Gasteiger charge is 2.16. The van der Waals surface area contributed by atoms with Crippen LogP contribution in [-0.2, 0) is 4.79 Å². The van der Waals surface area contributed by atoms with E-state index in [9.17, 15) is 9.59 Å². The second kappa shape index (κ2) is 6.87. The summed E-state index contributed by atoms with van der Waals surface area (Å²) in [5.74, 6) is 0.769. The van der Waals surface area contributed by atoms with E-state index in [2.05, 4.69) is 17.2 Å². The van der Waals surface area contributed by atoms with Gasteiger partial charge in [0.2, 0.25) is 0 Å². The number of fused-ring (bicyclic) bond motifs is 1. The number of ether oxygens (including phenoxy) is 2. The highest BCUT2D eigenvalue weighted by molar-refractivity contribution is 6.05. The van der Waals surface area contributed by atoms with E-state index < -0.39 is 0 Å². The van der Waals surface area contributed by atoms with Gasteiger partial charge in [0.05, 0.1) is 5.69 Å². The third-order valence-electron chi connectivity index (χ3n) is 3.35. The molecular formula is C18H16N2O4. The lowest BCUT2D eigenvalue weighted by molar-refractivity contribution is -0.118. The van der Waals surface area contributed by atoms with E-state index in [0.717, 1.165) is 0 Å². The lowest BCUT2D eigenvalue weighted by Gasteiger charge is -2.18. The minimum Gasteiger partial charge on any atom is -0.490 e. The van der Waals surface area contributed by atoms with Gasteiger partial charge in [-0.25, -0.2) is 0 Å². The van der Waals surface area contributed by atoms with E-state index >= 15 is 0 Å². The molecule has 2 N–H and O–H groups in total. The van der Waals surface area contributed by atoms with Gasteiger partial charge < -0.3 is 20.1 Å². The molecule has 0 aliphatic carbocycles. The van der Waals surface area contributed by atoms with Gasteiger partial charge in [0.1, 0.15) is 18.1 Å². The topological polar surface area (TPSA) is 76.7 Å². The third kappa shape index (κ3) is 3.55. The van der Waals surface area contributed by atoms with Gasteiger partial charge in [-0.05, 0) is 42.5 Å². The lowest BCUT2D eigenvalue weighted by Crippen LogP contribution is -2.25. The summed E-state index contributed by atoms with van der Waals surface area (Å²) >= 11 is 0. The Hall–Kier alpha value is -3.28. The molecule has 0 bridgehead atoms. The van der Waals surface area contributed by atoms with Gasteiger partial charge >= 0.3 is 0 Å². The van der Waals surface area contributed by atoms with Gasteiger partial charge in [-0.2, -0.15) is 0 Å². The number of nitrogens with one attached hydrogen (secondary N) is 2. The lowest BCUT2D eigenvalue weighted by atomic mass is 10.2. The van der Waals surface area contributed by atoms with E-state index in [1.807, 2.05) is 0 Å². The number of carbonyl (C=O) groups is 2. The Kier molecular flexibility index (Phi) is 4.47. The summed E-state index contributed by atoms with van der Waals surface area (Å²) in [6.07, 6.45) is 1.65. The van der Waals surface area contributed by atoms with E-state index in [4.69, 9.17) is 9.47 Å². The van der Waals surface area contributed by atoms with Crippen molar-refractivity contribution in [2.45, 2.75) is 0 Å². The molecule has 0 spiro atoms. The van der Waals surface area contributed by atoms with Gasteiger partial charge in [0.15, 0.2) is 6.61 Å². The molecule has 2 aromatic rings. The van der Waals surface area contributed by atoms with Crippen LogP contribution in [0.25, 0.3) is 0 Å². The van der Waals surface area contributed by atoms with Crippen molar-refractivity contribution in [3.05, 3.63) is 60.7 Å². The predicted molar refractivity (Wildman–Crippen MR) is 90.7 cm³/mol. The van der Waals surface area contributed by atoms with Crippen LogP contribution in [0.5, 0.6) is 11.5 Å². The van der Waals surface area contributed by atoms with Crippen molar-refractivity contribution in [1.82, 2.24) is 0 Å². The Labute approximate surface area is 139 Å². The number of benzene rings is 2. The van der Waals surface area contributed by atoms with Crippen LogP contribution in [0.1, 0.15) is 10.4 Å². The average molecular weight is 324 g/mol. The van der Waals surface area contributed by atoms with Crippen LogP contribution in [-0.4, -0.2) is 25.0 Å². The Morgan fingerprint density at radius 2 is 2.08 bits per heavy atom. The second-order valence-electron chi connectivity index (χ2n) is 5.13. The summed E-state index contributed by atoms with van der Waals surface area (Å²) in [6, 6.07) is 11.9. The molecule has 1 aliphatic rings. The SMILES string of the molecule is C=CCOc1ccc(C(=O)Nc2ccc3c(c2)NC(=O)CO3)cc1. The maximum absolute atomic E-state index is 12.3. The van der Waals surface area contributed by atoms with Crippen molar-refractivity contribution >= 4 is 23.2 Å². The van der Waals surface area contributed by atoms with Gasteiger partial charge in [-0.3, -0.25) is 9.59 Å². The van der Waals surface area contributed by atoms with Crippen LogP contribution in [0, 0.1) is 0 Å². The zero-order chi connectivity index (χ0) is 16.9. The van der Waals surface area contributed by atoms with Gasteiger partial charge in [0.25, 0.3) is 11.8 Å². The zero-order valence-electron chi connectivity index (χ0n) is 12.9. The number of hydrogen-bond acceptors (Lipinski definition) is 4. The monoisotopic (exact) mass is 324 g/mol. The Morgan fingerprint density at radius 1 is 1.29 bits per heavy atom. The van der Waals surface area contributed by atoms with Crippen LogP contribution in [0.15, 0.2) is 55.1 Å².